The standard InChI is InChI=1S/C16H13N7O/c24-14-16(3-4-16)10-7-18-15(22-13(10)21-14)20-11-8-19-23-12(11)9-2-1-5-17-6-9/h1-2,5-8H,3-4H2,(H,19,23)(H2,18,20,21,22,24). The van der Waals surface area contributed by atoms with Crippen molar-refractivity contribution in [2.75, 3.05) is 10.6 Å². The van der Waals surface area contributed by atoms with E-state index in [0.29, 0.717) is 11.8 Å². The summed E-state index contributed by atoms with van der Waals surface area (Å²) in [5, 5.41) is 13.0. The monoisotopic (exact) mass is 319 g/mol. The topological polar surface area (TPSA) is 108 Å². The molecule has 5 rings (SSSR count). The Hall–Kier alpha value is -3.29. The Kier molecular flexibility index (Phi) is 2.53. The molecule has 2 aliphatic rings. The maximum Gasteiger partial charge on any atom is 0.236 e. The van der Waals surface area contributed by atoms with Crippen LogP contribution in [0.25, 0.3) is 11.3 Å². The van der Waals surface area contributed by atoms with Gasteiger partial charge in [0.2, 0.25) is 11.9 Å². The first-order valence-corrected chi connectivity index (χ1v) is 7.66. The van der Waals surface area contributed by atoms with Gasteiger partial charge in [0.25, 0.3) is 0 Å². The number of pyridine rings is 1. The first-order valence-electron chi connectivity index (χ1n) is 7.66. The first-order chi connectivity index (χ1) is 11.8. The van der Waals surface area contributed by atoms with Gasteiger partial charge in [0.05, 0.1) is 23.0 Å². The van der Waals surface area contributed by atoms with E-state index in [1.54, 1.807) is 24.8 Å². The molecule has 3 aromatic heterocycles. The molecule has 1 spiro atoms. The highest BCUT2D eigenvalue weighted by atomic mass is 16.2. The number of amides is 1. The van der Waals surface area contributed by atoms with Crippen LogP contribution in [-0.2, 0) is 10.2 Å². The third-order valence-corrected chi connectivity index (χ3v) is 4.56. The van der Waals surface area contributed by atoms with Crippen LogP contribution in [0.3, 0.4) is 0 Å². The number of H-pyrrole nitrogens is 1. The number of fused-ring (bicyclic) bond motifs is 2. The van der Waals surface area contributed by atoms with Crippen molar-refractivity contribution in [3.05, 3.63) is 42.5 Å². The molecule has 0 atom stereocenters. The normalized spacial score (nSPS) is 16.8. The lowest BCUT2D eigenvalue weighted by Gasteiger charge is -2.07. The molecule has 0 unspecified atom stereocenters. The Balaban J connectivity index is 1.47. The number of rotatable bonds is 3. The molecule has 1 amide bonds. The molecule has 8 heteroatoms. The lowest BCUT2D eigenvalue weighted by molar-refractivity contribution is -0.117. The Morgan fingerprint density at radius 3 is 2.92 bits per heavy atom. The summed E-state index contributed by atoms with van der Waals surface area (Å²) < 4.78 is 0. The van der Waals surface area contributed by atoms with Gasteiger partial charge in [0, 0.05) is 29.7 Å². The molecular weight excluding hydrogens is 306 g/mol. The second kappa shape index (κ2) is 4.60. The summed E-state index contributed by atoms with van der Waals surface area (Å²) >= 11 is 0. The molecule has 118 valence electrons. The molecule has 1 saturated carbocycles. The van der Waals surface area contributed by atoms with Crippen LogP contribution >= 0.6 is 0 Å². The van der Waals surface area contributed by atoms with E-state index in [4.69, 9.17) is 0 Å². The predicted molar refractivity (Wildman–Crippen MR) is 86.7 cm³/mol. The van der Waals surface area contributed by atoms with Gasteiger partial charge in [-0.05, 0) is 25.0 Å². The number of anilines is 3. The van der Waals surface area contributed by atoms with Gasteiger partial charge in [0.15, 0.2) is 0 Å². The van der Waals surface area contributed by atoms with E-state index in [-0.39, 0.29) is 11.3 Å². The van der Waals surface area contributed by atoms with Crippen molar-refractivity contribution in [3.63, 3.8) is 0 Å². The van der Waals surface area contributed by atoms with Gasteiger partial charge in [0.1, 0.15) is 5.82 Å². The van der Waals surface area contributed by atoms with Crippen molar-refractivity contribution in [2.45, 2.75) is 18.3 Å². The fourth-order valence-electron chi connectivity index (χ4n) is 3.09. The number of aromatic amines is 1. The van der Waals surface area contributed by atoms with Crippen molar-refractivity contribution in [2.24, 2.45) is 0 Å². The van der Waals surface area contributed by atoms with Gasteiger partial charge < -0.3 is 10.6 Å². The van der Waals surface area contributed by atoms with E-state index in [1.807, 2.05) is 12.1 Å². The highest BCUT2D eigenvalue weighted by Gasteiger charge is 2.57. The maximum atomic E-state index is 12.1. The Bertz CT molecular complexity index is 946. The van der Waals surface area contributed by atoms with E-state index in [9.17, 15) is 4.79 Å². The summed E-state index contributed by atoms with van der Waals surface area (Å²) in [5.41, 5.74) is 2.98. The van der Waals surface area contributed by atoms with Crippen molar-refractivity contribution in [1.82, 2.24) is 25.1 Å². The van der Waals surface area contributed by atoms with Gasteiger partial charge in [-0.15, -0.1) is 0 Å². The molecule has 0 aromatic carbocycles. The van der Waals surface area contributed by atoms with Crippen LogP contribution in [0.4, 0.5) is 17.5 Å². The minimum absolute atomic E-state index is 0.0308. The summed E-state index contributed by atoms with van der Waals surface area (Å²) in [5.74, 6) is 1.04. The predicted octanol–water partition coefficient (Wildman–Crippen LogP) is 1.99. The lowest BCUT2D eigenvalue weighted by Crippen LogP contribution is -2.18. The molecule has 0 saturated heterocycles. The van der Waals surface area contributed by atoms with E-state index < -0.39 is 0 Å². The van der Waals surface area contributed by atoms with Crippen LogP contribution < -0.4 is 10.6 Å². The molecule has 24 heavy (non-hydrogen) atoms. The molecule has 1 fully saturated rings. The molecule has 0 bridgehead atoms. The van der Waals surface area contributed by atoms with E-state index in [1.165, 1.54) is 0 Å². The maximum absolute atomic E-state index is 12.1. The van der Waals surface area contributed by atoms with E-state index >= 15 is 0 Å². The van der Waals surface area contributed by atoms with Crippen molar-refractivity contribution in [3.8, 4) is 11.3 Å². The van der Waals surface area contributed by atoms with Crippen LogP contribution in [-0.4, -0.2) is 31.1 Å². The lowest BCUT2D eigenvalue weighted by atomic mass is 10.0. The Labute approximate surface area is 136 Å². The van der Waals surface area contributed by atoms with Crippen LogP contribution in [0.2, 0.25) is 0 Å². The summed E-state index contributed by atoms with van der Waals surface area (Å²) in [6.45, 7) is 0. The largest absolute Gasteiger partial charge is 0.321 e. The van der Waals surface area contributed by atoms with Gasteiger partial charge in [-0.2, -0.15) is 10.1 Å². The number of aromatic nitrogens is 5. The van der Waals surface area contributed by atoms with E-state index in [2.05, 4.69) is 35.8 Å². The summed E-state index contributed by atoms with van der Waals surface area (Å²) in [6.07, 6.45) is 8.61. The van der Waals surface area contributed by atoms with Crippen molar-refractivity contribution < 1.29 is 4.79 Å². The second-order valence-corrected chi connectivity index (χ2v) is 6.02. The number of nitrogens with one attached hydrogen (secondary N) is 3. The molecule has 1 aliphatic heterocycles. The smallest absolute Gasteiger partial charge is 0.236 e. The molecule has 1 aliphatic carbocycles. The number of carbonyl (C=O) groups excluding carboxylic acids is 1. The fraction of sp³-hybridized carbons (Fsp3) is 0.188. The van der Waals surface area contributed by atoms with Crippen LogP contribution in [0.1, 0.15) is 18.4 Å². The molecule has 4 heterocycles. The van der Waals surface area contributed by atoms with Gasteiger partial charge in [-0.3, -0.25) is 14.9 Å². The molecule has 3 N–H and O–H groups in total. The average molecular weight is 319 g/mol. The van der Waals surface area contributed by atoms with Crippen LogP contribution in [0, 0.1) is 0 Å². The van der Waals surface area contributed by atoms with Gasteiger partial charge in [-0.25, -0.2) is 4.98 Å². The minimum atomic E-state index is -0.371. The SMILES string of the molecule is O=C1Nc2nc(Nc3cn[nH]c3-c3cccnc3)ncc2C12CC2. The van der Waals surface area contributed by atoms with Crippen LogP contribution in [0.5, 0.6) is 0 Å². The summed E-state index contributed by atoms with van der Waals surface area (Å²) in [6, 6.07) is 3.79. The number of hydrogen-bond acceptors (Lipinski definition) is 6. The quantitative estimate of drug-likeness (QED) is 0.681. The second-order valence-electron chi connectivity index (χ2n) is 6.02. The first kappa shape index (κ1) is 13.2. The average Bonchev–Trinajstić information content (AvgIpc) is 3.20. The highest BCUT2D eigenvalue weighted by Crippen LogP contribution is 2.54. The van der Waals surface area contributed by atoms with Gasteiger partial charge >= 0.3 is 0 Å². The zero-order chi connectivity index (χ0) is 16.1. The Morgan fingerprint density at radius 2 is 2.12 bits per heavy atom. The summed E-state index contributed by atoms with van der Waals surface area (Å²) in [4.78, 5) is 25.0. The number of carbonyl (C=O) groups is 1. The highest BCUT2D eigenvalue weighted by molar-refractivity contribution is 6.07. The molecule has 8 nitrogen and oxygen atoms in total. The Morgan fingerprint density at radius 1 is 1.21 bits per heavy atom. The van der Waals surface area contributed by atoms with Crippen molar-refractivity contribution >= 4 is 23.4 Å². The molecular formula is C16H13N7O. The minimum Gasteiger partial charge on any atom is -0.321 e. The zero-order valence-corrected chi connectivity index (χ0v) is 12.6. The third kappa shape index (κ3) is 1.82. The molecule has 0 radical (unpaired) electrons. The fourth-order valence-corrected chi connectivity index (χ4v) is 3.09. The molecule has 3 aromatic rings. The number of hydrogen-bond donors (Lipinski definition) is 3. The van der Waals surface area contributed by atoms with Gasteiger partial charge in [-0.1, -0.05) is 0 Å². The van der Waals surface area contributed by atoms with Crippen molar-refractivity contribution in [1.29, 1.82) is 0 Å². The summed E-state index contributed by atoms with van der Waals surface area (Å²) in [7, 11) is 0. The number of nitrogens with zero attached hydrogens (tertiary/aromatic N) is 4. The van der Waals surface area contributed by atoms with Crippen LogP contribution in [0.15, 0.2) is 36.9 Å². The third-order valence-electron chi connectivity index (χ3n) is 4.56. The zero-order valence-electron chi connectivity index (χ0n) is 12.6. The van der Waals surface area contributed by atoms with E-state index in [0.717, 1.165) is 35.3 Å².